The molecule has 1 aliphatic heterocycles. The highest BCUT2D eigenvalue weighted by Crippen LogP contribution is 2.32. The molecule has 0 radical (unpaired) electrons. The van der Waals surface area contributed by atoms with E-state index in [1.165, 1.54) is 11.3 Å². The highest BCUT2D eigenvalue weighted by molar-refractivity contribution is 7.18. The molecule has 0 atom stereocenters. The van der Waals surface area contributed by atoms with Crippen LogP contribution in [0.5, 0.6) is 0 Å². The average molecular weight is 303 g/mol. The molecule has 6 heteroatoms. The molecule has 0 N–H and O–H groups in total. The van der Waals surface area contributed by atoms with Crippen LogP contribution >= 0.6 is 11.3 Å². The summed E-state index contributed by atoms with van der Waals surface area (Å²) in [6, 6.07) is 0. The van der Waals surface area contributed by atoms with Gasteiger partial charge >= 0.3 is 0 Å². The maximum atomic E-state index is 12.5. The van der Waals surface area contributed by atoms with Crippen LogP contribution in [0.1, 0.15) is 23.8 Å². The van der Waals surface area contributed by atoms with Gasteiger partial charge in [-0.2, -0.15) is 0 Å². The molecule has 3 rings (SSSR count). The van der Waals surface area contributed by atoms with Crippen LogP contribution in [0.25, 0.3) is 10.2 Å². The Morgan fingerprint density at radius 1 is 1.57 bits per heavy atom. The van der Waals surface area contributed by atoms with Crippen molar-refractivity contribution >= 4 is 27.5 Å². The van der Waals surface area contributed by atoms with Crippen LogP contribution in [0.3, 0.4) is 0 Å². The van der Waals surface area contributed by atoms with Gasteiger partial charge in [-0.15, -0.1) is 17.9 Å². The van der Waals surface area contributed by atoms with Crippen molar-refractivity contribution in [3.05, 3.63) is 39.8 Å². The van der Waals surface area contributed by atoms with Gasteiger partial charge in [-0.1, -0.05) is 13.0 Å². The number of fused-ring (bicyclic) bond motifs is 3. The number of carbonyl (C=O) groups is 1. The van der Waals surface area contributed by atoms with E-state index in [4.69, 9.17) is 0 Å². The van der Waals surface area contributed by atoms with Crippen molar-refractivity contribution in [2.75, 3.05) is 6.54 Å². The number of hydrogen-bond acceptors (Lipinski definition) is 4. The molecule has 1 amide bonds. The van der Waals surface area contributed by atoms with Crippen LogP contribution in [0.2, 0.25) is 0 Å². The Morgan fingerprint density at radius 2 is 2.38 bits per heavy atom. The number of hydrogen-bond donors (Lipinski definition) is 0. The van der Waals surface area contributed by atoms with E-state index < -0.39 is 0 Å². The summed E-state index contributed by atoms with van der Waals surface area (Å²) in [5.74, 6) is 0.162. The fraction of sp³-hybridized carbons (Fsp3) is 0.400. The Labute approximate surface area is 126 Å². The van der Waals surface area contributed by atoms with Crippen LogP contribution in [0.15, 0.2) is 23.8 Å². The number of aromatic nitrogens is 2. The molecule has 110 valence electrons. The minimum Gasteiger partial charge on any atom is -0.337 e. The van der Waals surface area contributed by atoms with Crippen LogP contribution in [0.4, 0.5) is 0 Å². The largest absolute Gasteiger partial charge is 0.337 e. The van der Waals surface area contributed by atoms with Crippen molar-refractivity contribution in [2.24, 2.45) is 0 Å². The van der Waals surface area contributed by atoms with Crippen molar-refractivity contribution < 1.29 is 4.79 Å². The first-order valence-corrected chi connectivity index (χ1v) is 7.85. The summed E-state index contributed by atoms with van der Waals surface area (Å²) in [5.41, 5.74) is 1.07. The highest BCUT2D eigenvalue weighted by atomic mass is 32.1. The highest BCUT2D eigenvalue weighted by Gasteiger charge is 2.25. The molecule has 0 saturated heterocycles. The van der Waals surface area contributed by atoms with Crippen LogP contribution in [-0.2, 0) is 24.3 Å². The molecule has 0 spiro atoms. The molecule has 0 aromatic carbocycles. The van der Waals surface area contributed by atoms with E-state index in [0.29, 0.717) is 26.1 Å². The quantitative estimate of drug-likeness (QED) is 0.814. The molecule has 0 unspecified atom stereocenters. The Balaban J connectivity index is 2.08. The summed E-state index contributed by atoms with van der Waals surface area (Å²) < 4.78 is 1.58. The van der Waals surface area contributed by atoms with E-state index in [1.54, 1.807) is 17.0 Å². The van der Waals surface area contributed by atoms with Crippen LogP contribution in [-0.4, -0.2) is 26.9 Å². The van der Waals surface area contributed by atoms with Crippen molar-refractivity contribution in [1.82, 2.24) is 14.5 Å². The van der Waals surface area contributed by atoms with Gasteiger partial charge in [-0.3, -0.25) is 14.2 Å². The topological polar surface area (TPSA) is 55.2 Å². The molecule has 0 fully saturated rings. The molecule has 0 saturated carbocycles. The van der Waals surface area contributed by atoms with Crippen LogP contribution < -0.4 is 5.56 Å². The standard InChI is InChI=1S/C15H17N3O2S/c1-3-6-18-9-16-14-13(15(18)20)10-5-7-17(12(19)4-2)8-11(10)21-14/h3,9H,1,4-8H2,2H3. The molecule has 2 aromatic rings. The molecular formula is C15H17N3O2S. The fourth-order valence-corrected chi connectivity index (χ4v) is 3.92. The van der Waals surface area contributed by atoms with Crippen LogP contribution in [0, 0.1) is 0 Å². The first-order chi connectivity index (χ1) is 10.2. The van der Waals surface area contributed by atoms with Crippen molar-refractivity contribution in [1.29, 1.82) is 0 Å². The molecule has 1 aliphatic rings. The van der Waals surface area contributed by atoms with E-state index in [2.05, 4.69) is 11.6 Å². The molecule has 3 heterocycles. The van der Waals surface area contributed by atoms with Gasteiger partial charge in [-0.05, 0) is 12.0 Å². The van der Waals surface area contributed by atoms with E-state index in [9.17, 15) is 9.59 Å². The molecule has 0 bridgehead atoms. The van der Waals surface area contributed by atoms with E-state index in [0.717, 1.165) is 27.1 Å². The lowest BCUT2D eigenvalue weighted by atomic mass is 10.1. The lowest BCUT2D eigenvalue weighted by Gasteiger charge is -2.26. The summed E-state index contributed by atoms with van der Waals surface area (Å²) in [7, 11) is 0. The lowest BCUT2D eigenvalue weighted by molar-refractivity contribution is -0.131. The Bertz CT molecular complexity index is 775. The zero-order valence-electron chi connectivity index (χ0n) is 12.0. The summed E-state index contributed by atoms with van der Waals surface area (Å²) in [4.78, 5) is 32.5. The number of amides is 1. The van der Waals surface area contributed by atoms with Crippen molar-refractivity contribution in [2.45, 2.75) is 32.9 Å². The number of rotatable bonds is 3. The lowest BCUT2D eigenvalue weighted by Crippen LogP contribution is -2.35. The van der Waals surface area contributed by atoms with Gasteiger partial charge in [0.05, 0.1) is 18.3 Å². The Kier molecular flexibility index (Phi) is 3.63. The number of carbonyl (C=O) groups excluding carboxylic acids is 1. The second-order valence-electron chi connectivity index (χ2n) is 5.09. The first-order valence-electron chi connectivity index (χ1n) is 7.04. The molecule has 5 nitrogen and oxygen atoms in total. The fourth-order valence-electron chi connectivity index (χ4n) is 2.72. The maximum Gasteiger partial charge on any atom is 0.262 e. The zero-order chi connectivity index (χ0) is 15.0. The number of thiophene rings is 1. The van der Waals surface area contributed by atoms with E-state index >= 15 is 0 Å². The summed E-state index contributed by atoms with van der Waals surface area (Å²) in [5, 5.41) is 0.725. The predicted molar refractivity (Wildman–Crippen MR) is 83.5 cm³/mol. The minimum absolute atomic E-state index is 0.00679. The summed E-state index contributed by atoms with van der Waals surface area (Å²) >= 11 is 1.53. The van der Waals surface area contributed by atoms with Gasteiger partial charge in [0.1, 0.15) is 4.83 Å². The van der Waals surface area contributed by atoms with Gasteiger partial charge in [0.15, 0.2) is 0 Å². The van der Waals surface area contributed by atoms with Gasteiger partial charge in [0, 0.05) is 24.4 Å². The van der Waals surface area contributed by atoms with Gasteiger partial charge in [-0.25, -0.2) is 4.98 Å². The smallest absolute Gasteiger partial charge is 0.262 e. The van der Waals surface area contributed by atoms with E-state index in [1.807, 2.05) is 11.8 Å². The average Bonchev–Trinajstić information content (AvgIpc) is 2.87. The van der Waals surface area contributed by atoms with Gasteiger partial charge in [0.2, 0.25) is 5.91 Å². The van der Waals surface area contributed by atoms with Gasteiger partial charge < -0.3 is 4.90 Å². The molecule has 0 aliphatic carbocycles. The third-order valence-electron chi connectivity index (χ3n) is 3.81. The normalized spacial score (nSPS) is 14.2. The van der Waals surface area contributed by atoms with Crippen molar-refractivity contribution in [3.8, 4) is 0 Å². The SMILES string of the molecule is C=CCn1cnc2sc3c(c2c1=O)CCN(C(=O)CC)C3. The van der Waals surface area contributed by atoms with Gasteiger partial charge in [0.25, 0.3) is 5.56 Å². The third kappa shape index (κ3) is 2.29. The molecular weight excluding hydrogens is 286 g/mol. The number of nitrogens with zero attached hydrogens (tertiary/aromatic N) is 3. The second kappa shape index (κ2) is 5.44. The Morgan fingerprint density at radius 3 is 3.10 bits per heavy atom. The molecule has 2 aromatic heterocycles. The minimum atomic E-state index is -0.00679. The monoisotopic (exact) mass is 303 g/mol. The van der Waals surface area contributed by atoms with E-state index in [-0.39, 0.29) is 11.5 Å². The third-order valence-corrected chi connectivity index (χ3v) is 4.93. The Hall–Kier alpha value is -1.95. The maximum absolute atomic E-state index is 12.5. The summed E-state index contributed by atoms with van der Waals surface area (Å²) in [6.07, 6.45) is 4.51. The first kappa shape index (κ1) is 14.0. The van der Waals surface area contributed by atoms with Crippen molar-refractivity contribution in [3.63, 3.8) is 0 Å². The number of allylic oxidation sites excluding steroid dienone is 1. The molecule has 21 heavy (non-hydrogen) atoms. The second-order valence-corrected chi connectivity index (χ2v) is 6.18. The predicted octanol–water partition coefficient (Wildman–Crippen LogP) is 1.94. The zero-order valence-corrected chi connectivity index (χ0v) is 12.8. The summed E-state index contributed by atoms with van der Waals surface area (Å²) in [6.45, 7) is 7.28.